The fraction of sp³-hybridized carbons (Fsp3) is 0.242. The summed E-state index contributed by atoms with van der Waals surface area (Å²) in [6, 6.07) is 25.0. The third kappa shape index (κ3) is 7.23. The summed E-state index contributed by atoms with van der Waals surface area (Å²) in [6.45, 7) is 4.67. The van der Waals surface area contributed by atoms with Gasteiger partial charge in [0.15, 0.2) is 0 Å². The molecule has 45 heavy (non-hydrogen) atoms. The summed E-state index contributed by atoms with van der Waals surface area (Å²) in [5.41, 5.74) is 3.21. The molecule has 0 aliphatic carbocycles. The van der Waals surface area contributed by atoms with Gasteiger partial charge in [-0.2, -0.15) is 13.0 Å². The molecule has 12 heteroatoms. The summed E-state index contributed by atoms with van der Waals surface area (Å²) in [7, 11) is -4.07. The summed E-state index contributed by atoms with van der Waals surface area (Å²) in [5.74, 6) is 0.436. The van der Waals surface area contributed by atoms with Crippen molar-refractivity contribution in [3.05, 3.63) is 94.5 Å². The van der Waals surface area contributed by atoms with E-state index in [9.17, 15) is 13.0 Å². The smallest absolute Gasteiger partial charge is 0.286 e. The third-order valence-corrected chi connectivity index (χ3v) is 10.8. The molecule has 8 nitrogen and oxygen atoms in total. The molecule has 5 aromatic rings. The predicted octanol–water partition coefficient (Wildman–Crippen LogP) is 8.53. The second kappa shape index (κ2) is 14.2. The van der Waals surface area contributed by atoms with Gasteiger partial charge in [0.2, 0.25) is 5.52 Å². The van der Waals surface area contributed by atoms with E-state index in [2.05, 4.69) is 77.1 Å². The van der Waals surface area contributed by atoms with E-state index in [0.717, 1.165) is 82.2 Å². The van der Waals surface area contributed by atoms with Crippen LogP contribution < -0.4 is 9.47 Å². The van der Waals surface area contributed by atoms with E-state index in [-0.39, 0.29) is 12.5 Å². The van der Waals surface area contributed by atoms with Gasteiger partial charge in [0, 0.05) is 40.7 Å². The van der Waals surface area contributed by atoms with Gasteiger partial charge in [-0.25, -0.2) is 0 Å². The molecule has 1 N–H and O–H groups in total. The van der Waals surface area contributed by atoms with E-state index in [1.807, 2.05) is 31.2 Å². The molecule has 0 atom stereocenters. The zero-order chi connectivity index (χ0) is 31.4. The number of thiazole rings is 1. The Bertz CT molecular complexity index is 2020. The molecule has 0 radical (unpaired) electrons. The molecular weight excluding hydrogens is 649 g/mol. The summed E-state index contributed by atoms with van der Waals surface area (Å²) in [5, 5.41) is 11.5. The van der Waals surface area contributed by atoms with Gasteiger partial charge in [-0.05, 0) is 58.5 Å². The fourth-order valence-corrected chi connectivity index (χ4v) is 8.43. The van der Waals surface area contributed by atoms with Gasteiger partial charge in [-0.15, -0.1) is 9.22 Å². The summed E-state index contributed by atoms with van der Waals surface area (Å²) >= 11 is 4.51. The number of anilines is 1. The standard InChI is InChI=1S/C33H32N2O6S4/c1-3-23(20-30-34(18-9-19-45(36,37)38)32-26-12-7-5-10-24(26)14-16-28(32)43-30)21-31-35(22-39-40-41-42-4-2)33-27-13-8-6-11-25(27)15-17-29(33)44-31/h5-8,10-17,20-21H,3-4,9,18-19,22H2,1-2H3/p+1. The van der Waals surface area contributed by atoms with Crippen LogP contribution in [0, 0.1) is 0 Å². The van der Waals surface area contributed by atoms with Crippen molar-refractivity contribution in [3.8, 4) is 0 Å². The third-order valence-electron chi connectivity index (χ3n) is 7.46. The maximum atomic E-state index is 11.6. The van der Waals surface area contributed by atoms with Gasteiger partial charge >= 0.3 is 0 Å². The maximum Gasteiger partial charge on any atom is 0.286 e. The van der Waals surface area contributed by atoms with Crippen LogP contribution in [0.15, 0.2) is 94.4 Å². The van der Waals surface area contributed by atoms with Gasteiger partial charge in [-0.1, -0.05) is 91.5 Å². The van der Waals surface area contributed by atoms with Crippen LogP contribution in [-0.2, 0) is 31.1 Å². The first kappa shape index (κ1) is 32.0. The minimum absolute atomic E-state index is 0.131. The van der Waals surface area contributed by atoms with E-state index < -0.39 is 10.1 Å². The number of aromatic nitrogens is 1. The first-order valence-corrected chi connectivity index (χ1v) is 18.8. The van der Waals surface area contributed by atoms with Crippen molar-refractivity contribution in [2.45, 2.75) is 38.3 Å². The van der Waals surface area contributed by atoms with E-state index in [1.165, 1.54) is 0 Å². The van der Waals surface area contributed by atoms with Crippen LogP contribution in [-0.4, -0.2) is 31.0 Å². The minimum atomic E-state index is -4.07. The van der Waals surface area contributed by atoms with Gasteiger partial charge < -0.3 is 4.90 Å². The van der Waals surface area contributed by atoms with Crippen molar-refractivity contribution >= 4 is 88.8 Å². The molecule has 234 valence electrons. The Morgan fingerprint density at radius 3 is 2.49 bits per heavy atom. The lowest BCUT2D eigenvalue weighted by Gasteiger charge is -2.22. The highest BCUT2D eigenvalue weighted by Gasteiger charge is 2.28. The lowest BCUT2D eigenvalue weighted by atomic mass is 10.1. The Labute approximate surface area is 275 Å². The molecular formula is C33H33N2O6S4+. The van der Waals surface area contributed by atoms with E-state index in [1.54, 1.807) is 23.1 Å². The van der Waals surface area contributed by atoms with Gasteiger partial charge in [0.05, 0.1) is 21.9 Å². The van der Waals surface area contributed by atoms with Crippen molar-refractivity contribution in [2.75, 3.05) is 23.0 Å². The van der Waals surface area contributed by atoms with Crippen LogP contribution in [0.1, 0.15) is 31.7 Å². The summed E-state index contributed by atoms with van der Waals surface area (Å²) in [6.07, 6.45) is 5.42. The van der Waals surface area contributed by atoms with Crippen LogP contribution >= 0.6 is 35.1 Å². The number of thioether (sulfide) groups is 1. The highest BCUT2D eigenvalue weighted by molar-refractivity contribution is 8.03. The Kier molecular flexibility index (Phi) is 10.1. The first-order valence-electron chi connectivity index (χ1n) is 14.6. The molecule has 0 fully saturated rings. The highest BCUT2D eigenvalue weighted by Crippen LogP contribution is 2.50. The molecule has 0 spiro atoms. The van der Waals surface area contributed by atoms with Crippen molar-refractivity contribution in [1.29, 1.82) is 0 Å². The second-order valence-corrected chi connectivity index (χ2v) is 15.0. The van der Waals surface area contributed by atoms with Crippen LogP contribution in [0.25, 0.3) is 37.8 Å². The topological polar surface area (TPSA) is 89.2 Å². The first-order chi connectivity index (χ1) is 21.9. The van der Waals surface area contributed by atoms with Gasteiger partial charge in [0.1, 0.15) is 4.70 Å². The average molecular weight is 682 g/mol. The molecule has 0 amide bonds. The Morgan fingerprint density at radius 1 is 1.00 bits per heavy atom. The number of hydrogen-bond acceptors (Lipinski definition) is 9. The molecule has 0 unspecified atom stereocenters. The molecule has 1 aliphatic heterocycles. The van der Waals surface area contributed by atoms with Crippen molar-refractivity contribution in [3.63, 3.8) is 0 Å². The van der Waals surface area contributed by atoms with Crippen LogP contribution in [0.4, 0.5) is 5.69 Å². The second-order valence-electron chi connectivity index (χ2n) is 10.4. The van der Waals surface area contributed by atoms with E-state index in [4.69, 9.17) is 14.3 Å². The minimum Gasteiger partial charge on any atom is -0.334 e. The van der Waals surface area contributed by atoms with Crippen molar-refractivity contribution < 1.29 is 31.8 Å². The number of rotatable bonds is 13. The Hall–Kier alpha value is -2.94. The molecule has 1 aromatic heterocycles. The number of nitrogens with zero attached hydrogens (tertiary/aromatic N) is 2. The molecule has 0 saturated heterocycles. The Morgan fingerprint density at radius 2 is 1.73 bits per heavy atom. The summed E-state index contributed by atoms with van der Waals surface area (Å²) in [4.78, 5) is 8.79. The largest absolute Gasteiger partial charge is 0.334 e. The SMILES string of the molecule is CCSOOOC[n+]1c(C=C(C=C2Sc3ccc4ccccc4c3N2CCCS(=O)(=O)O)CC)sc2ccc3ccccc3c21. The highest BCUT2D eigenvalue weighted by atomic mass is 32.2. The average Bonchev–Trinajstić information content (AvgIpc) is 3.57. The summed E-state index contributed by atoms with van der Waals surface area (Å²) < 4.78 is 40.8. The number of allylic oxidation sites excluding steroid dienone is 2. The molecule has 2 heterocycles. The van der Waals surface area contributed by atoms with Crippen molar-refractivity contribution in [2.24, 2.45) is 0 Å². The van der Waals surface area contributed by atoms with Crippen LogP contribution in [0.2, 0.25) is 0 Å². The van der Waals surface area contributed by atoms with Crippen LogP contribution in [0.5, 0.6) is 0 Å². The molecule has 1 aliphatic rings. The monoisotopic (exact) mass is 681 g/mol. The predicted molar refractivity (Wildman–Crippen MR) is 185 cm³/mol. The normalized spacial score (nSPS) is 14.8. The molecule has 4 aromatic carbocycles. The lowest BCUT2D eigenvalue weighted by Crippen LogP contribution is -2.36. The van der Waals surface area contributed by atoms with Gasteiger partial charge in [0.25, 0.3) is 21.9 Å². The molecule has 0 bridgehead atoms. The molecule has 0 saturated carbocycles. The zero-order valence-corrected chi connectivity index (χ0v) is 28.1. The lowest BCUT2D eigenvalue weighted by molar-refractivity contribution is -0.747. The van der Waals surface area contributed by atoms with Gasteiger partial charge in [-0.3, -0.25) is 4.55 Å². The van der Waals surface area contributed by atoms with Crippen LogP contribution in [0.3, 0.4) is 0 Å². The zero-order valence-electron chi connectivity index (χ0n) is 24.8. The maximum absolute atomic E-state index is 11.6. The van der Waals surface area contributed by atoms with E-state index in [0.29, 0.717) is 13.0 Å². The Balaban J connectivity index is 1.41. The number of hydrogen-bond donors (Lipinski definition) is 1. The van der Waals surface area contributed by atoms with E-state index >= 15 is 0 Å². The fourth-order valence-electron chi connectivity index (χ4n) is 5.44. The number of benzene rings is 4. The quantitative estimate of drug-likeness (QED) is 0.0328. The number of fused-ring (bicyclic) bond motifs is 6. The van der Waals surface area contributed by atoms with Crippen molar-refractivity contribution in [1.82, 2.24) is 0 Å². The molecule has 6 rings (SSSR count).